The molecule has 0 fully saturated rings. The summed E-state index contributed by atoms with van der Waals surface area (Å²) in [7, 11) is 0. The number of fused-ring (bicyclic) bond motifs is 3. The molecule has 0 radical (unpaired) electrons. The van der Waals surface area contributed by atoms with Crippen molar-refractivity contribution in [3.05, 3.63) is 28.1 Å². The van der Waals surface area contributed by atoms with Crippen LogP contribution in [0.25, 0.3) is 10.2 Å². The van der Waals surface area contributed by atoms with Gasteiger partial charge in [-0.1, -0.05) is 11.3 Å². The van der Waals surface area contributed by atoms with Gasteiger partial charge in [0.2, 0.25) is 12.7 Å². The lowest BCUT2D eigenvalue weighted by atomic mass is 10.0. The minimum Gasteiger partial charge on any atom is -0.454 e. The molecule has 10 heteroatoms. The molecule has 2 amide bonds. The molecule has 0 atom stereocenters. The molecule has 5 rings (SSSR count). The number of carbonyl (C=O) groups excluding carboxylic acids is 2. The first kappa shape index (κ1) is 17.3. The Morgan fingerprint density at radius 2 is 2.04 bits per heavy atom. The number of primary amides is 1. The second-order valence-electron chi connectivity index (χ2n) is 6.58. The Kier molecular flexibility index (Phi) is 3.91. The Bertz CT molecular complexity index is 1100. The topological polar surface area (TPSA) is 107 Å². The maximum atomic E-state index is 12.1. The predicted molar refractivity (Wildman–Crippen MR) is 107 cm³/mol. The first-order valence-corrected chi connectivity index (χ1v) is 10.3. The number of anilines is 2. The lowest BCUT2D eigenvalue weighted by Crippen LogP contribution is -2.34. The molecule has 2 aromatic heterocycles. The van der Waals surface area contributed by atoms with Crippen LogP contribution < -0.4 is 20.5 Å². The van der Waals surface area contributed by atoms with Gasteiger partial charge in [-0.25, -0.2) is 4.98 Å². The lowest BCUT2D eigenvalue weighted by Gasteiger charge is -2.25. The first-order chi connectivity index (χ1) is 13.5. The third-order valence-corrected chi connectivity index (χ3v) is 6.92. The van der Waals surface area contributed by atoms with E-state index in [0.29, 0.717) is 46.7 Å². The molecule has 0 saturated carbocycles. The molecule has 1 aromatic carbocycles. The SMILES string of the molecule is CC(=O)N1CCc2c(sc(Nc3nc4cc5c(cc4s3)OCO5)c2C(N)=O)C1. The van der Waals surface area contributed by atoms with Gasteiger partial charge in [-0.3, -0.25) is 9.59 Å². The molecule has 2 aliphatic heterocycles. The smallest absolute Gasteiger partial charge is 0.251 e. The van der Waals surface area contributed by atoms with Crippen molar-refractivity contribution in [1.29, 1.82) is 0 Å². The van der Waals surface area contributed by atoms with Crippen LogP contribution in [-0.2, 0) is 17.8 Å². The van der Waals surface area contributed by atoms with Crippen LogP contribution >= 0.6 is 22.7 Å². The zero-order valence-corrected chi connectivity index (χ0v) is 16.5. The fourth-order valence-corrected chi connectivity index (χ4v) is 5.70. The summed E-state index contributed by atoms with van der Waals surface area (Å²) in [5.74, 6) is 0.936. The summed E-state index contributed by atoms with van der Waals surface area (Å²) >= 11 is 2.91. The number of carbonyl (C=O) groups is 2. The van der Waals surface area contributed by atoms with Gasteiger partial charge in [-0.05, 0) is 12.0 Å². The number of nitrogens with zero attached hydrogens (tertiary/aromatic N) is 2. The Morgan fingerprint density at radius 1 is 1.25 bits per heavy atom. The van der Waals surface area contributed by atoms with Crippen molar-refractivity contribution in [2.24, 2.45) is 5.73 Å². The van der Waals surface area contributed by atoms with E-state index in [1.54, 1.807) is 11.8 Å². The fraction of sp³-hybridized carbons (Fsp3) is 0.278. The number of aromatic nitrogens is 1. The van der Waals surface area contributed by atoms with Gasteiger partial charge in [0.25, 0.3) is 5.91 Å². The molecule has 3 aromatic rings. The van der Waals surface area contributed by atoms with Crippen molar-refractivity contribution in [3.63, 3.8) is 0 Å². The molecule has 28 heavy (non-hydrogen) atoms. The fourth-order valence-electron chi connectivity index (χ4n) is 3.49. The molecule has 0 bridgehead atoms. The molecule has 144 valence electrons. The van der Waals surface area contributed by atoms with Gasteiger partial charge in [0.15, 0.2) is 16.6 Å². The van der Waals surface area contributed by atoms with Gasteiger partial charge in [0, 0.05) is 30.5 Å². The molecular weight excluding hydrogens is 400 g/mol. The summed E-state index contributed by atoms with van der Waals surface area (Å²) in [6.45, 7) is 2.86. The number of nitrogens with two attached hydrogens (primary N) is 1. The van der Waals surface area contributed by atoms with E-state index in [4.69, 9.17) is 15.2 Å². The predicted octanol–water partition coefficient (Wildman–Crippen LogP) is 2.83. The highest BCUT2D eigenvalue weighted by molar-refractivity contribution is 7.23. The summed E-state index contributed by atoms with van der Waals surface area (Å²) in [6.07, 6.45) is 0.618. The molecule has 0 aliphatic carbocycles. The number of thiophene rings is 1. The van der Waals surface area contributed by atoms with Crippen LogP contribution in [0, 0.1) is 0 Å². The average Bonchev–Trinajstić information content (AvgIpc) is 3.33. The van der Waals surface area contributed by atoms with Crippen LogP contribution in [-0.4, -0.2) is 35.0 Å². The monoisotopic (exact) mass is 416 g/mol. The molecule has 0 saturated heterocycles. The Hall–Kier alpha value is -2.85. The maximum Gasteiger partial charge on any atom is 0.251 e. The van der Waals surface area contributed by atoms with E-state index in [-0.39, 0.29) is 12.7 Å². The normalized spacial score (nSPS) is 15.0. The van der Waals surface area contributed by atoms with Crippen LogP contribution in [0.5, 0.6) is 11.5 Å². The van der Waals surface area contributed by atoms with Crippen LogP contribution in [0.2, 0.25) is 0 Å². The second-order valence-corrected chi connectivity index (χ2v) is 8.72. The highest BCUT2D eigenvalue weighted by Gasteiger charge is 2.28. The lowest BCUT2D eigenvalue weighted by molar-refractivity contribution is -0.129. The summed E-state index contributed by atoms with van der Waals surface area (Å²) in [6, 6.07) is 3.75. The standard InChI is InChI=1S/C18H16N4O4S2/c1-8(23)22-3-2-9-14(6-22)27-17(15(9)16(19)24)21-18-20-10-4-11-12(26-7-25-11)5-13(10)28-18/h4-5H,2-3,6-7H2,1H3,(H2,19,24)(H,20,21). The number of rotatable bonds is 3. The molecule has 8 nitrogen and oxygen atoms in total. The zero-order valence-electron chi connectivity index (χ0n) is 14.9. The van der Waals surface area contributed by atoms with E-state index >= 15 is 0 Å². The summed E-state index contributed by atoms with van der Waals surface area (Å²) < 4.78 is 11.8. The van der Waals surface area contributed by atoms with E-state index in [1.807, 2.05) is 12.1 Å². The third-order valence-electron chi connectivity index (χ3n) is 4.85. The van der Waals surface area contributed by atoms with Crippen LogP contribution in [0.1, 0.15) is 27.7 Å². The van der Waals surface area contributed by atoms with Crippen LogP contribution in [0.15, 0.2) is 12.1 Å². The van der Waals surface area contributed by atoms with Crippen LogP contribution in [0.4, 0.5) is 10.1 Å². The highest BCUT2D eigenvalue weighted by atomic mass is 32.1. The van der Waals surface area contributed by atoms with Crippen molar-refractivity contribution < 1.29 is 19.1 Å². The molecule has 0 spiro atoms. The molecule has 3 N–H and O–H groups in total. The maximum absolute atomic E-state index is 12.1. The van der Waals surface area contributed by atoms with Gasteiger partial charge in [0.1, 0.15) is 5.00 Å². The van der Waals surface area contributed by atoms with Gasteiger partial charge in [0.05, 0.1) is 22.3 Å². The minimum absolute atomic E-state index is 0.0258. The van der Waals surface area contributed by atoms with Gasteiger partial charge < -0.3 is 25.4 Å². The van der Waals surface area contributed by atoms with Gasteiger partial charge in [-0.2, -0.15) is 0 Å². The quantitative estimate of drug-likeness (QED) is 0.680. The number of hydrogen-bond acceptors (Lipinski definition) is 8. The summed E-state index contributed by atoms with van der Waals surface area (Å²) in [5, 5.41) is 4.58. The van der Waals surface area contributed by atoms with Crippen molar-refractivity contribution in [3.8, 4) is 11.5 Å². The summed E-state index contributed by atoms with van der Waals surface area (Å²) in [5.41, 5.74) is 7.89. The Morgan fingerprint density at radius 3 is 2.79 bits per heavy atom. The number of ether oxygens (including phenoxy) is 2. The van der Waals surface area contributed by atoms with Crippen LogP contribution in [0.3, 0.4) is 0 Å². The van der Waals surface area contributed by atoms with Crippen molar-refractivity contribution in [2.75, 3.05) is 18.7 Å². The van der Waals surface area contributed by atoms with E-state index in [9.17, 15) is 9.59 Å². The first-order valence-electron chi connectivity index (χ1n) is 8.66. The van der Waals surface area contributed by atoms with Gasteiger partial charge in [-0.15, -0.1) is 11.3 Å². The van der Waals surface area contributed by atoms with Gasteiger partial charge >= 0.3 is 0 Å². The Labute approximate surface area is 167 Å². The van der Waals surface area contributed by atoms with E-state index in [0.717, 1.165) is 20.7 Å². The highest BCUT2D eigenvalue weighted by Crippen LogP contribution is 2.42. The molecule has 4 heterocycles. The van der Waals surface area contributed by atoms with Crippen molar-refractivity contribution >= 4 is 54.8 Å². The van der Waals surface area contributed by atoms with E-state index in [1.165, 1.54) is 22.7 Å². The number of benzene rings is 1. The number of nitrogens with one attached hydrogen (secondary N) is 1. The van der Waals surface area contributed by atoms with E-state index < -0.39 is 5.91 Å². The van der Waals surface area contributed by atoms with Crippen molar-refractivity contribution in [2.45, 2.75) is 19.9 Å². The zero-order chi connectivity index (χ0) is 19.4. The summed E-state index contributed by atoms with van der Waals surface area (Å²) in [4.78, 5) is 31.2. The second kappa shape index (κ2) is 6.35. The average molecular weight is 416 g/mol. The number of thiazole rings is 1. The van der Waals surface area contributed by atoms with E-state index in [2.05, 4.69) is 10.3 Å². The largest absolute Gasteiger partial charge is 0.454 e. The minimum atomic E-state index is -0.474. The number of amides is 2. The number of hydrogen-bond donors (Lipinski definition) is 2. The third kappa shape index (κ3) is 2.76. The molecule has 2 aliphatic rings. The molecular formula is C18H16N4O4S2. The van der Waals surface area contributed by atoms with Crippen molar-refractivity contribution in [1.82, 2.24) is 9.88 Å². The molecule has 0 unspecified atom stereocenters. The Balaban J connectivity index is 1.51.